The van der Waals surface area contributed by atoms with Gasteiger partial charge in [-0.05, 0) is 40.8 Å². The van der Waals surface area contributed by atoms with E-state index in [0.717, 1.165) is 23.4 Å². The fourth-order valence-electron chi connectivity index (χ4n) is 2.11. The Morgan fingerprint density at radius 1 is 1.06 bits per heavy atom. The quantitative estimate of drug-likeness (QED) is 0.864. The number of halogens is 1. The lowest BCUT2D eigenvalue weighted by atomic mass is 9.99. The molecule has 0 aliphatic carbocycles. The summed E-state index contributed by atoms with van der Waals surface area (Å²) in [6.07, 6.45) is 2.28. The van der Waals surface area contributed by atoms with E-state index in [-0.39, 0.29) is 0 Å². The van der Waals surface area contributed by atoms with Crippen molar-refractivity contribution in [2.45, 2.75) is 26.3 Å². The summed E-state index contributed by atoms with van der Waals surface area (Å²) in [6, 6.07) is 14.7. The molecule has 0 aliphatic heterocycles. The van der Waals surface area contributed by atoms with E-state index in [4.69, 9.17) is 17.3 Å². The van der Waals surface area contributed by atoms with Crippen molar-refractivity contribution in [2.24, 2.45) is 5.73 Å². The molecule has 2 heteroatoms. The van der Waals surface area contributed by atoms with Gasteiger partial charge in [-0.25, -0.2) is 0 Å². The van der Waals surface area contributed by atoms with Gasteiger partial charge in [-0.3, -0.25) is 0 Å². The van der Waals surface area contributed by atoms with Gasteiger partial charge in [0.2, 0.25) is 0 Å². The molecule has 0 aromatic heterocycles. The first-order valence-corrected chi connectivity index (χ1v) is 6.70. The van der Waals surface area contributed by atoms with Crippen LogP contribution in [0.2, 0.25) is 5.02 Å². The highest BCUT2D eigenvalue weighted by atomic mass is 35.5. The summed E-state index contributed by atoms with van der Waals surface area (Å²) in [6.45, 7) is 2.67. The van der Waals surface area contributed by atoms with Gasteiger partial charge in [0.1, 0.15) is 0 Å². The zero-order valence-electron chi connectivity index (χ0n) is 10.6. The van der Waals surface area contributed by atoms with Crippen LogP contribution >= 0.6 is 11.6 Å². The van der Waals surface area contributed by atoms with Crippen LogP contribution in [0.15, 0.2) is 42.5 Å². The molecule has 0 radical (unpaired) electrons. The van der Waals surface area contributed by atoms with E-state index in [0.29, 0.717) is 6.54 Å². The molecular weight excluding hydrogens is 242 g/mol. The smallest absolute Gasteiger partial charge is 0.0451 e. The number of aryl methyl sites for hydroxylation is 1. The maximum absolute atomic E-state index is 6.08. The van der Waals surface area contributed by atoms with Crippen LogP contribution in [0.4, 0.5) is 0 Å². The lowest BCUT2D eigenvalue weighted by Crippen LogP contribution is -1.97. The third-order valence-corrected chi connectivity index (χ3v) is 3.43. The maximum atomic E-state index is 6.08. The molecule has 0 bridgehead atoms. The van der Waals surface area contributed by atoms with Crippen LogP contribution in [0.3, 0.4) is 0 Å². The predicted octanol–water partition coefficient (Wildman–Crippen LogP) is 4.42. The third-order valence-electron chi connectivity index (χ3n) is 3.06. The molecule has 1 nitrogen and oxygen atoms in total. The molecule has 0 unspecified atom stereocenters. The second-order valence-electron chi connectivity index (χ2n) is 4.46. The lowest BCUT2D eigenvalue weighted by Gasteiger charge is -2.08. The van der Waals surface area contributed by atoms with E-state index >= 15 is 0 Å². The number of nitrogens with two attached hydrogens (primary N) is 1. The van der Waals surface area contributed by atoms with Gasteiger partial charge in [-0.1, -0.05) is 55.3 Å². The largest absolute Gasteiger partial charge is 0.326 e. The Labute approximate surface area is 114 Å². The van der Waals surface area contributed by atoms with Crippen molar-refractivity contribution in [1.82, 2.24) is 0 Å². The average Bonchev–Trinajstić information content (AvgIpc) is 2.40. The molecule has 0 atom stereocenters. The fourth-order valence-corrected chi connectivity index (χ4v) is 2.30. The predicted molar refractivity (Wildman–Crippen MR) is 78.8 cm³/mol. The van der Waals surface area contributed by atoms with Crippen LogP contribution in [-0.4, -0.2) is 0 Å². The van der Waals surface area contributed by atoms with E-state index in [2.05, 4.69) is 37.3 Å². The lowest BCUT2D eigenvalue weighted by molar-refractivity contribution is 0.922. The number of hydrogen-bond acceptors (Lipinski definition) is 1. The Morgan fingerprint density at radius 2 is 1.83 bits per heavy atom. The Kier molecular flexibility index (Phi) is 4.40. The number of rotatable bonds is 4. The van der Waals surface area contributed by atoms with Crippen LogP contribution in [0, 0.1) is 0 Å². The van der Waals surface area contributed by atoms with Gasteiger partial charge in [-0.2, -0.15) is 0 Å². The molecule has 2 N–H and O–H groups in total. The average molecular weight is 260 g/mol. The number of hydrogen-bond donors (Lipinski definition) is 1. The van der Waals surface area contributed by atoms with Crippen molar-refractivity contribution in [2.75, 3.05) is 0 Å². The highest BCUT2D eigenvalue weighted by molar-refractivity contribution is 6.31. The molecule has 0 spiro atoms. The molecule has 0 aliphatic rings. The second-order valence-corrected chi connectivity index (χ2v) is 4.87. The van der Waals surface area contributed by atoms with Crippen LogP contribution in [-0.2, 0) is 13.0 Å². The summed E-state index contributed by atoms with van der Waals surface area (Å²) in [5, 5.41) is 0.742. The third kappa shape index (κ3) is 2.92. The summed E-state index contributed by atoms with van der Waals surface area (Å²) in [7, 11) is 0. The molecule has 2 rings (SSSR count). The highest BCUT2D eigenvalue weighted by Gasteiger charge is 2.03. The Bertz CT molecular complexity index is 534. The summed E-state index contributed by atoms with van der Waals surface area (Å²) < 4.78 is 0. The Morgan fingerprint density at radius 3 is 2.56 bits per heavy atom. The van der Waals surface area contributed by atoms with Crippen LogP contribution in [0.1, 0.15) is 24.5 Å². The van der Waals surface area contributed by atoms with Gasteiger partial charge in [0.15, 0.2) is 0 Å². The highest BCUT2D eigenvalue weighted by Crippen LogP contribution is 2.26. The van der Waals surface area contributed by atoms with Gasteiger partial charge < -0.3 is 5.73 Å². The van der Waals surface area contributed by atoms with Gasteiger partial charge in [0.05, 0.1) is 0 Å². The molecule has 18 heavy (non-hydrogen) atoms. The van der Waals surface area contributed by atoms with E-state index in [1.54, 1.807) is 0 Å². The van der Waals surface area contributed by atoms with Crippen LogP contribution in [0.25, 0.3) is 11.1 Å². The standard InChI is InChI=1S/C16H18ClN/c1-2-4-12-5-3-6-13(9-12)14-7-8-16(17)15(10-14)11-18/h3,5-10H,2,4,11,18H2,1H3. The zero-order chi connectivity index (χ0) is 13.0. The first-order chi connectivity index (χ1) is 8.74. The van der Waals surface area contributed by atoms with Crippen molar-refractivity contribution in [3.05, 3.63) is 58.6 Å². The summed E-state index contributed by atoms with van der Waals surface area (Å²) in [5.41, 5.74) is 10.5. The molecule has 0 saturated carbocycles. The van der Waals surface area contributed by atoms with Gasteiger partial charge in [0.25, 0.3) is 0 Å². The van der Waals surface area contributed by atoms with Crippen molar-refractivity contribution in [1.29, 1.82) is 0 Å². The SMILES string of the molecule is CCCc1cccc(-c2ccc(Cl)c(CN)c2)c1. The molecule has 0 heterocycles. The van der Waals surface area contributed by atoms with Gasteiger partial charge >= 0.3 is 0 Å². The van der Waals surface area contributed by atoms with E-state index in [9.17, 15) is 0 Å². The summed E-state index contributed by atoms with van der Waals surface area (Å²) in [5.74, 6) is 0. The minimum absolute atomic E-state index is 0.474. The maximum Gasteiger partial charge on any atom is 0.0451 e. The second kappa shape index (κ2) is 6.03. The van der Waals surface area contributed by atoms with Crippen molar-refractivity contribution < 1.29 is 0 Å². The van der Waals surface area contributed by atoms with Crippen LogP contribution < -0.4 is 5.73 Å². The Balaban J connectivity index is 2.38. The van der Waals surface area contributed by atoms with Gasteiger partial charge in [0, 0.05) is 11.6 Å². The topological polar surface area (TPSA) is 26.0 Å². The van der Waals surface area contributed by atoms with Gasteiger partial charge in [-0.15, -0.1) is 0 Å². The van der Waals surface area contributed by atoms with Crippen molar-refractivity contribution >= 4 is 11.6 Å². The Hall–Kier alpha value is -1.31. The van der Waals surface area contributed by atoms with E-state index < -0.39 is 0 Å². The number of benzene rings is 2. The first-order valence-electron chi connectivity index (χ1n) is 6.32. The first kappa shape index (κ1) is 13.1. The molecular formula is C16H18ClN. The molecule has 94 valence electrons. The van der Waals surface area contributed by atoms with E-state index in [1.807, 2.05) is 12.1 Å². The summed E-state index contributed by atoms with van der Waals surface area (Å²) >= 11 is 6.08. The normalized spacial score (nSPS) is 10.6. The molecule has 2 aromatic rings. The van der Waals surface area contributed by atoms with Crippen molar-refractivity contribution in [3.8, 4) is 11.1 Å². The molecule has 2 aromatic carbocycles. The minimum atomic E-state index is 0.474. The van der Waals surface area contributed by atoms with Crippen molar-refractivity contribution in [3.63, 3.8) is 0 Å². The fraction of sp³-hybridized carbons (Fsp3) is 0.250. The zero-order valence-corrected chi connectivity index (χ0v) is 11.4. The molecule has 0 saturated heterocycles. The monoisotopic (exact) mass is 259 g/mol. The summed E-state index contributed by atoms with van der Waals surface area (Å²) in [4.78, 5) is 0. The van der Waals surface area contributed by atoms with Crippen LogP contribution in [0.5, 0.6) is 0 Å². The molecule has 0 amide bonds. The minimum Gasteiger partial charge on any atom is -0.326 e. The van der Waals surface area contributed by atoms with E-state index in [1.165, 1.54) is 16.7 Å². The molecule has 0 fully saturated rings.